The summed E-state index contributed by atoms with van der Waals surface area (Å²) < 4.78 is 28.3. The van der Waals surface area contributed by atoms with E-state index in [0.29, 0.717) is 18.1 Å². The third-order valence-corrected chi connectivity index (χ3v) is 5.88. The van der Waals surface area contributed by atoms with Crippen LogP contribution in [-0.2, 0) is 16.6 Å². The highest BCUT2D eigenvalue weighted by Crippen LogP contribution is 2.17. The number of halogens is 1. The molecule has 27 heavy (non-hydrogen) atoms. The zero-order valence-corrected chi connectivity index (χ0v) is 16.2. The molecule has 0 fully saturated rings. The van der Waals surface area contributed by atoms with Crippen molar-refractivity contribution in [3.8, 4) is 0 Å². The molecule has 0 aliphatic rings. The van der Waals surface area contributed by atoms with Gasteiger partial charge < -0.3 is 5.32 Å². The van der Waals surface area contributed by atoms with Gasteiger partial charge in [0.05, 0.1) is 10.9 Å². The minimum atomic E-state index is -3.62. The van der Waals surface area contributed by atoms with Gasteiger partial charge in [-0.05, 0) is 35.4 Å². The first-order chi connectivity index (χ1) is 13.0. The SMILES string of the molecule is O=S(=O)(N[C@@H](CNCc1ccc(Cl)cc1)c1ccccc1)c1ccccc1. The van der Waals surface area contributed by atoms with Crippen LogP contribution in [0.4, 0.5) is 0 Å². The Hall–Kier alpha value is -2.18. The summed E-state index contributed by atoms with van der Waals surface area (Å²) in [5.74, 6) is 0. The summed E-state index contributed by atoms with van der Waals surface area (Å²) >= 11 is 5.91. The quantitative estimate of drug-likeness (QED) is 0.597. The Morgan fingerprint density at radius 3 is 2.04 bits per heavy atom. The van der Waals surface area contributed by atoms with Gasteiger partial charge in [-0.1, -0.05) is 72.3 Å². The topological polar surface area (TPSA) is 58.2 Å². The molecule has 4 nitrogen and oxygen atoms in total. The van der Waals surface area contributed by atoms with Crippen LogP contribution in [0, 0.1) is 0 Å². The van der Waals surface area contributed by atoms with Gasteiger partial charge in [-0.25, -0.2) is 13.1 Å². The van der Waals surface area contributed by atoms with Crippen LogP contribution in [0.15, 0.2) is 89.8 Å². The average molecular weight is 401 g/mol. The fraction of sp³-hybridized carbons (Fsp3) is 0.143. The maximum absolute atomic E-state index is 12.7. The number of sulfonamides is 1. The van der Waals surface area contributed by atoms with Gasteiger partial charge in [-0.2, -0.15) is 0 Å². The van der Waals surface area contributed by atoms with E-state index in [2.05, 4.69) is 10.0 Å². The summed E-state index contributed by atoms with van der Waals surface area (Å²) in [7, 11) is -3.62. The van der Waals surface area contributed by atoms with Crippen molar-refractivity contribution >= 4 is 21.6 Å². The number of hydrogen-bond donors (Lipinski definition) is 2. The normalized spacial score (nSPS) is 12.6. The smallest absolute Gasteiger partial charge is 0.241 e. The number of rotatable bonds is 8. The number of nitrogens with one attached hydrogen (secondary N) is 2. The molecular weight excluding hydrogens is 380 g/mol. The molecule has 0 saturated carbocycles. The molecule has 0 amide bonds. The Morgan fingerprint density at radius 1 is 0.815 bits per heavy atom. The van der Waals surface area contributed by atoms with Crippen molar-refractivity contribution in [1.29, 1.82) is 0 Å². The summed E-state index contributed by atoms with van der Waals surface area (Å²) in [6, 6.07) is 25.1. The van der Waals surface area contributed by atoms with Gasteiger partial charge in [-0.15, -0.1) is 0 Å². The molecule has 0 aliphatic carbocycles. The summed E-state index contributed by atoms with van der Waals surface area (Å²) in [5.41, 5.74) is 1.98. The van der Waals surface area contributed by atoms with Gasteiger partial charge in [-0.3, -0.25) is 0 Å². The van der Waals surface area contributed by atoms with Crippen LogP contribution < -0.4 is 10.0 Å². The van der Waals surface area contributed by atoms with E-state index in [4.69, 9.17) is 11.6 Å². The van der Waals surface area contributed by atoms with Gasteiger partial charge >= 0.3 is 0 Å². The van der Waals surface area contributed by atoms with Crippen LogP contribution in [0.5, 0.6) is 0 Å². The second-order valence-electron chi connectivity index (χ2n) is 6.15. The van der Waals surface area contributed by atoms with Crippen molar-refractivity contribution in [2.24, 2.45) is 0 Å². The second-order valence-corrected chi connectivity index (χ2v) is 8.31. The van der Waals surface area contributed by atoms with E-state index in [9.17, 15) is 8.42 Å². The molecule has 0 bridgehead atoms. The molecule has 3 rings (SSSR count). The lowest BCUT2D eigenvalue weighted by atomic mass is 10.1. The van der Waals surface area contributed by atoms with Crippen molar-refractivity contribution in [3.63, 3.8) is 0 Å². The summed E-state index contributed by atoms with van der Waals surface area (Å²) in [4.78, 5) is 0.253. The predicted octanol–water partition coefficient (Wildman–Crippen LogP) is 4.15. The highest BCUT2D eigenvalue weighted by Gasteiger charge is 2.21. The molecule has 0 heterocycles. The van der Waals surface area contributed by atoms with E-state index in [1.807, 2.05) is 54.6 Å². The Morgan fingerprint density at radius 2 is 1.41 bits per heavy atom. The van der Waals surface area contributed by atoms with E-state index in [-0.39, 0.29) is 10.9 Å². The van der Waals surface area contributed by atoms with Crippen molar-refractivity contribution in [3.05, 3.63) is 101 Å². The molecule has 3 aromatic carbocycles. The van der Waals surface area contributed by atoms with Gasteiger partial charge in [0.15, 0.2) is 0 Å². The van der Waals surface area contributed by atoms with Crippen LogP contribution >= 0.6 is 11.6 Å². The summed E-state index contributed by atoms with van der Waals surface area (Å²) in [6.07, 6.45) is 0. The molecule has 140 valence electrons. The van der Waals surface area contributed by atoms with Crippen LogP contribution in [0.2, 0.25) is 5.02 Å². The highest BCUT2D eigenvalue weighted by atomic mass is 35.5. The molecule has 0 aliphatic heterocycles. The third-order valence-electron chi connectivity index (χ3n) is 4.14. The summed E-state index contributed by atoms with van der Waals surface area (Å²) in [6.45, 7) is 1.08. The Balaban J connectivity index is 1.72. The molecular formula is C21H21ClN2O2S. The Kier molecular flexibility index (Phi) is 6.63. The van der Waals surface area contributed by atoms with E-state index in [1.165, 1.54) is 0 Å². The van der Waals surface area contributed by atoms with Crippen molar-refractivity contribution in [1.82, 2.24) is 10.0 Å². The average Bonchev–Trinajstić information content (AvgIpc) is 2.70. The zero-order valence-electron chi connectivity index (χ0n) is 14.7. The zero-order chi connectivity index (χ0) is 19.1. The third kappa shape index (κ3) is 5.65. The lowest BCUT2D eigenvalue weighted by Gasteiger charge is -2.20. The molecule has 2 N–H and O–H groups in total. The van der Waals surface area contributed by atoms with Gasteiger partial charge in [0.25, 0.3) is 0 Å². The fourth-order valence-corrected chi connectivity index (χ4v) is 4.10. The monoisotopic (exact) mass is 400 g/mol. The van der Waals surface area contributed by atoms with Gasteiger partial charge in [0, 0.05) is 18.1 Å². The molecule has 1 atom stereocenters. The molecule has 0 saturated heterocycles. The van der Waals surface area contributed by atoms with Crippen LogP contribution in [0.3, 0.4) is 0 Å². The maximum atomic E-state index is 12.7. The first kappa shape index (κ1) is 19.6. The van der Waals surface area contributed by atoms with E-state index >= 15 is 0 Å². The summed E-state index contributed by atoms with van der Waals surface area (Å²) in [5, 5.41) is 4.01. The van der Waals surface area contributed by atoms with Crippen LogP contribution in [0.25, 0.3) is 0 Å². The molecule has 6 heteroatoms. The Labute approximate surface area is 165 Å². The fourth-order valence-electron chi connectivity index (χ4n) is 2.73. The lowest BCUT2D eigenvalue weighted by molar-refractivity contribution is 0.528. The van der Waals surface area contributed by atoms with Crippen molar-refractivity contribution in [2.75, 3.05) is 6.54 Å². The first-order valence-corrected chi connectivity index (χ1v) is 10.5. The molecule has 0 spiro atoms. The predicted molar refractivity (Wildman–Crippen MR) is 109 cm³/mol. The van der Waals surface area contributed by atoms with E-state index in [0.717, 1.165) is 11.1 Å². The largest absolute Gasteiger partial charge is 0.311 e. The second kappa shape index (κ2) is 9.15. The van der Waals surface area contributed by atoms with Gasteiger partial charge in [0.2, 0.25) is 10.0 Å². The number of benzene rings is 3. The first-order valence-electron chi connectivity index (χ1n) is 8.62. The standard InChI is InChI=1S/C21H21ClN2O2S/c22-19-13-11-17(12-14-19)15-23-16-21(18-7-3-1-4-8-18)24-27(25,26)20-9-5-2-6-10-20/h1-14,21,23-24H,15-16H2/t21-/m0/s1. The molecule has 0 radical (unpaired) electrons. The minimum Gasteiger partial charge on any atom is -0.311 e. The molecule has 3 aromatic rings. The van der Waals surface area contributed by atoms with Crippen molar-refractivity contribution < 1.29 is 8.42 Å². The Bertz CT molecular complexity index is 946. The lowest BCUT2D eigenvalue weighted by Crippen LogP contribution is -2.35. The van der Waals surface area contributed by atoms with Crippen LogP contribution in [-0.4, -0.2) is 15.0 Å². The minimum absolute atomic E-state index is 0.253. The van der Waals surface area contributed by atoms with E-state index < -0.39 is 10.0 Å². The number of hydrogen-bond acceptors (Lipinski definition) is 3. The van der Waals surface area contributed by atoms with Crippen LogP contribution in [0.1, 0.15) is 17.2 Å². The highest BCUT2D eigenvalue weighted by molar-refractivity contribution is 7.89. The molecule has 0 aromatic heterocycles. The van der Waals surface area contributed by atoms with Gasteiger partial charge in [0.1, 0.15) is 0 Å². The van der Waals surface area contributed by atoms with E-state index in [1.54, 1.807) is 30.3 Å². The maximum Gasteiger partial charge on any atom is 0.241 e. The molecule has 0 unspecified atom stereocenters. The van der Waals surface area contributed by atoms with Crippen molar-refractivity contribution in [2.45, 2.75) is 17.5 Å².